The van der Waals surface area contributed by atoms with Gasteiger partial charge >= 0.3 is 6.03 Å². The predicted octanol–water partition coefficient (Wildman–Crippen LogP) is 3.80. The van der Waals surface area contributed by atoms with Crippen molar-refractivity contribution in [2.75, 3.05) is 18.5 Å². The van der Waals surface area contributed by atoms with Gasteiger partial charge in [0, 0.05) is 37.0 Å². The van der Waals surface area contributed by atoms with Crippen molar-refractivity contribution in [3.63, 3.8) is 0 Å². The zero-order valence-electron chi connectivity index (χ0n) is 16.4. The van der Waals surface area contributed by atoms with E-state index >= 15 is 0 Å². The number of rotatable bonds is 4. The summed E-state index contributed by atoms with van der Waals surface area (Å²) in [6, 6.07) is 15.9. The average molecular weight is 378 g/mol. The Labute approximate surface area is 164 Å². The van der Waals surface area contributed by atoms with Gasteiger partial charge in [0.2, 0.25) is 0 Å². The SMILES string of the molecule is Cc1c2ccc(NC(=O)NC3(Cc4ccccc4)CCOCC3)cc2nn1C. The normalized spacial score (nSPS) is 16.1. The van der Waals surface area contributed by atoms with Gasteiger partial charge < -0.3 is 15.4 Å². The molecule has 1 aliphatic heterocycles. The Kier molecular flexibility index (Phi) is 5.05. The largest absolute Gasteiger partial charge is 0.381 e. The van der Waals surface area contributed by atoms with Crippen LogP contribution >= 0.6 is 0 Å². The number of carbonyl (C=O) groups is 1. The molecule has 28 heavy (non-hydrogen) atoms. The minimum atomic E-state index is -0.296. The number of urea groups is 1. The van der Waals surface area contributed by atoms with Crippen LogP contribution in [0, 0.1) is 6.92 Å². The predicted molar refractivity (Wildman–Crippen MR) is 111 cm³/mol. The summed E-state index contributed by atoms with van der Waals surface area (Å²) in [5.74, 6) is 0. The first kappa shape index (κ1) is 18.5. The van der Waals surface area contributed by atoms with E-state index in [1.54, 1.807) is 0 Å². The number of anilines is 1. The van der Waals surface area contributed by atoms with E-state index in [9.17, 15) is 4.79 Å². The van der Waals surface area contributed by atoms with Crippen LogP contribution in [-0.2, 0) is 18.2 Å². The van der Waals surface area contributed by atoms with Gasteiger partial charge in [-0.25, -0.2) is 4.79 Å². The lowest BCUT2D eigenvalue weighted by Gasteiger charge is -2.38. The van der Waals surface area contributed by atoms with Gasteiger partial charge in [0.15, 0.2) is 0 Å². The number of aromatic nitrogens is 2. The van der Waals surface area contributed by atoms with Crippen molar-refractivity contribution in [3.8, 4) is 0 Å². The van der Waals surface area contributed by atoms with Crippen LogP contribution in [0.15, 0.2) is 48.5 Å². The zero-order valence-corrected chi connectivity index (χ0v) is 16.4. The van der Waals surface area contributed by atoms with Crippen molar-refractivity contribution in [3.05, 3.63) is 59.8 Å². The van der Waals surface area contributed by atoms with Crippen molar-refractivity contribution >= 4 is 22.6 Å². The lowest BCUT2D eigenvalue weighted by atomic mass is 9.84. The number of ether oxygens (including phenoxy) is 1. The highest BCUT2D eigenvalue weighted by Crippen LogP contribution is 2.26. The molecular formula is C22H26N4O2. The third-order valence-electron chi connectivity index (χ3n) is 5.60. The second-order valence-corrected chi connectivity index (χ2v) is 7.58. The molecule has 6 heteroatoms. The second kappa shape index (κ2) is 7.64. The highest BCUT2D eigenvalue weighted by atomic mass is 16.5. The molecule has 2 amide bonds. The zero-order chi connectivity index (χ0) is 19.6. The summed E-state index contributed by atoms with van der Waals surface area (Å²) in [6.45, 7) is 3.35. The smallest absolute Gasteiger partial charge is 0.319 e. The Morgan fingerprint density at radius 2 is 1.93 bits per heavy atom. The molecule has 0 atom stereocenters. The summed E-state index contributed by atoms with van der Waals surface area (Å²) >= 11 is 0. The summed E-state index contributed by atoms with van der Waals surface area (Å²) in [5.41, 5.74) is 3.65. The van der Waals surface area contributed by atoms with Gasteiger partial charge in [0.25, 0.3) is 0 Å². The molecule has 1 saturated heterocycles. The van der Waals surface area contributed by atoms with Gasteiger partial charge in [-0.3, -0.25) is 4.68 Å². The summed E-state index contributed by atoms with van der Waals surface area (Å²) in [4.78, 5) is 12.8. The first-order valence-corrected chi connectivity index (χ1v) is 9.69. The van der Waals surface area contributed by atoms with Gasteiger partial charge in [-0.15, -0.1) is 0 Å². The van der Waals surface area contributed by atoms with Crippen LogP contribution in [-0.4, -0.2) is 34.6 Å². The Morgan fingerprint density at radius 1 is 1.18 bits per heavy atom. The lowest BCUT2D eigenvalue weighted by molar-refractivity contribution is 0.0432. The van der Waals surface area contributed by atoms with Crippen molar-refractivity contribution < 1.29 is 9.53 Å². The molecule has 0 aliphatic carbocycles. The number of amides is 2. The Hall–Kier alpha value is -2.86. The van der Waals surface area contributed by atoms with Gasteiger partial charge in [-0.2, -0.15) is 5.10 Å². The molecule has 0 unspecified atom stereocenters. The number of carbonyl (C=O) groups excluding carboxylic acids is 1. The molecule has 6 nitrogen and oxygen atoms in total. The summed E-state index contributed by atoms with van der Waals surface area (Å²) in [5, 5.41) is 11.8. The molecule has 146 valence electrons. The lowest BCUT2D eigenvalue weighted by Crippen LogP contribution is -2.54. The molecule has 1 fully saturated rings. The first-order valence-electron chi connectivity index (χ1n) is 9.69. The number of nitrogens with zero attached hydrogens (tertiary/aromatic N) is 2. The van der Waals surface area contributed by atoms with Crippen LogP contribution in [0.1, 0.15) is 24.1 Å². The van der Waals surface area contributed by atoms with Crippen molar-refractivity contribution in [1.82, 2.24) is 15.1 Å². The van der Waals surface area contributed by atoms with Crippen molar-refractivity contribution in [2.45, 2.75) is 31.7 Å². The fourth-order valence-corrected chi connectivity index (χ4v) is 3.91. The van der Waals surface area contributed by atoms with E-state index in [0.29, 0.717) is 13.2 Å². The summed E-state index contributed by atoms with van der Waals surface area (Å²) in [7, 11) is 1.92. The van der Waals surface area contributed by atoms with Crippen LogP contribution in [0.4, 0.5) is 10.5 Å². The van der Waals surface area contributed by atoms with Gasteiger partial charge in [-0.1, -0.05) is 30.3 Å². The number of nitrogens with one attached hydrogen (secondary N) is 2. The van der Waals surface area contributed by atoms with E-state index in [0.717, 1.165) is 41.5 Å². The first-order chi connectivity index (χ1) is 13.5. The molecule has 0 spiro atoms. The van der Waals surface area contributed by atoms with Crippen LogP contribution in [0.3, 0.4) is 0 Å². The van der Waals surface area contributed by atoms with E-state index in [1.807, 2.05) is 55.1 Å². The quantitative estimate of drug-likeness (QED) is 0.726. The molecule has 0 saturated carbocycles. The Bertz CT molecular complexity index is 975. The highest BCUT2D eigenvalue weighted by molar-refractivity contribution is 5.93. The Balaban J connectivity index is 1.50. The fourth-order valence-electron chi connectivity index (χ4n) is 3.91. The number of hydrogen-bond acceptors (Lipinski definition) is 3. The topological polar surface area (TPSA) is 68.2 Å². The maximum atomic E-state index is 12.8. The fraction of sp³-hybridized carbons (Fsp3) is 0.364. The minimum absolute atomic E-state index is 0.190. The minimum Gasteiger partial charge on any atom is -0.381 e. The molecular weight excluding hydrogens is 352 g/mol. The van der Waals surface area contributed by atoms with Crippen LogP contribution in [0.5, 0.6) is 0 Å². The van der Waals surface area contributed by atoms with Crippen molar-refractivity contribution in [1.29, 1.82) is 0 Å². The standard InChI is InChI=1S/C22H26N4O2/c1-16-19-9-8-18(14-20(19)25-26(16)2)23-21(27)24-22(10-12-28-13-11-22)15-17-6-4-3-5-7-17/h3-9,14H,10-13,15H2,1-2H3,(H2,23,24,27). The third kappa shape index (κ3) is 3.87. The van der Waals surface area contributed by atoms with E-state index in [-0.39, 0.29) is 11.6 Å². The third-order valence-corrected chi connectivity index (χ3v) is 5.60. The number of aryl methyl sites for hydroxylation is 2. The van der Waals surface area contributed by atoms with E-state index in [1.165, 1.54) is 5.56 Å². The van der Waals surface area contributed by atoms with Gasteiger partial charge in [0.1, 0.15) is 0 Å². The molecule has 2 aromatic carbocycles. The summed E-state index contributed by atoms with van der Waals surface area (Å²) < 4.78 is 7.39. The molecule has 4 rings (SSSR count). The second-order valence-electron chi connectivity index (χ2n) is 7.58. The van der Waals surface area contributed by atoms with E-state index in [2.05, 4.69) is 27.9 Å². The van der Waals surface area contributed by atoms with Gasteiger partial charge in [-0.05, 0) is 49.9 Å². The molecule has 2 heterocycles. The van der Waals surface area contributed by atoms with E-state index in [4.69, 9.17) is 4.74 Å². The maximum absolute atomic E-state index is 12.8. The number of benzene rings is 2. The van der Waals surface area contributed by atoms with Gasteiger partial charge in [0.05, 0.1) is 11.1 Å². The van der Waals surface area contributed by atoms with E-state index < -0.39 is 0 Å². The monoisotopic (exact) mass is 378 g/mol. The Morgan fingerprint density at radius 3 is 2.68 bits per heavy atom. The van der Waals surface area contributed by atoms with Crippen LogP contribution in [0.25, 0.3) is 10.9 Å². The van der Waals surface area contributed by atoms with Crippen LogP contribution in [0.2, 0.25) is 0 Å². The highest BCUT2D eigenvalue weighted by Gasteiger charge is 2.34. The molecule has 2 N–H and O–H groups in total. The van der Waals surface area contributed by atoms with Crippen molar-refractivity contribution in [2.24, 2.45) is 7.05 Å². The summed E-state index contributed by atoms with van der Waals surface area (Å²) in [6.07, 6.45) is 2.39. The van der Waals surface area contributed by atoms with Crippen LogP contribution < -0.4 is 10.6 Å². The molecule has 1 aliphatic rings. The number of hydrogen-bond donors (Lipinski definition) is 2. The number of fused-ring (bicyclic) bond motifs is 1. The maximum Gasteiger partial charge on any atom is 0.319 e. The molecule has 1 aromatic heterocycles. The average Bonchev–Trinajstić information content (AvgIpc) is 2.96. The molecule has 0 radical (unpaired) electrons. The molecule has 3 aromatic rings. The molecule has 0 bridgehead atoms.